The second-order valence-corrected chi connectivity index (χ2v) is 8.38. The van der Waals surface area contributed by atoms with Gasteiger partial charge in [-0.3, -0.25) is 4.79 Å². The zero-order chi connectivity index (χ0) is 20.9. The average molecular weight is 439 g/mol. The minimum atomic E-state index is -0.827. The van der Waals surface area contributed by atoms with E-state index in [0.29, 0.717) is 10.7 Å². The van der Waals surface area contributed by atoms with Crippen LogP contribution in [-0.4, -0.2) is 18.0 Å². The van der Waals surface area contributed by atoms with Crippen LogP contribution in [0.25, 0.3) is 0 Å². The van der Waals surface area contributed by atoms with E-state index in [-0.39, 0.29) is 17.8 Å². The number of benzene rings is 3. The number of fused-ring (bicyclic) bond motifs is 1. The Balaban J connectivity index is 1.57. The van der Waals surface area contributed by atoms with Gasteiger partial charge in [0.25, 0.3) is 0 Å². The Morgan fingerprint density at radius 2 is 1.73 bits per heavy atom. The fourth-order valence-corrected chi connectivity index (χ4v) is 4.76. The molecule has 30 heavy (non-hydrogen) atoms. The largest absolute Gasteiger partial charge is 0.445 e. The van der Waals surface area contributed by atoms with Gasteiger partial charge in [0.2, 0.25) is 5.91 Å². The zero-order valence-corrected chi connectivity index (χ0v) is 17.5. The molecule has 0 aromatic heterocycles. The second kappa shape index (κ2) is 9.24. The molecule has 7 heteroatoms. The number of carbonyl (C=O) groups excluding carboxylic acids is 2. The lowest BCUT2D eigenvalue weighted by Gasteiger charge is -2.24. The van der Waals surface area contributed by atoms with Crippen molar-refractivity contribution >= 4 is 41.1 Å². The third-order valence-electron chi connectivity index (χ3n) is 4.65. The fraction of sp³-hybridized carbons (Fsp3) is 0.130. The number of alkyl carbamates (subject to hydrolysis) is 1. The molecule has 0 radical (unpaired) electrons. The summed E-state index contributed by atoms with van der Waals surface area (Å²) >= 11 is 7.64. The van der Waals surface area contributed by atoms with Crippen LogP contribution >= 0.6 is 23.4 Å². The Kier molecular flexibility index (Phi) is 6.26. The topological polar surface area (TPSA) is 67.4 Å². The van der Waals surface area contributed by atoms with Gasteiger partial charge >= 0.3 is 6.09 Å². The summed E-state index contributed by atoms with van der Waals surface area (Å²) in [5.74, 6) is -0.311. The van der Waals surface area contributed by atoms with Crippen LogP contribution in [0.2, 0.25) is 5.02 Å². The molecule has 4 rings (SSSR count). The van der Waals surface area contributed by atoms with Crippen molar-refractivity contribution in [3.63, 3.8) is 0 Å². The number of anilines is 1. The molecule has 0 fully saturated rings. The summed E-state index contributed by atoms with van der Waals surface area (Å²) in [4.78, 5) is 26.4. The number of hydrogen-bond donors (Lipinski definition) is 2. The molecule has 152 valence electrons. The number of rotatable bonds is 4. The number of amides is 2. The van der Waals surface area contributed by atoms with Gasteiger partial charge in [0.05, 0.1) is 10.9 Å². The van der Waals surface area contributed by atoms with Gasteiger partial charge < -0.3 is 15.4 Å². The number of hydrogen-bond acceptors (Lipinski definition) is 4. The van der Waals surface area contributed by atoms with Gasteiger partial charge in [-0.05, 0) is 29.3 Å². The fourth-order valence-electron chi connectivity index (χ4n) is 3.19. The predicted octanol–water partition coefficient (Wildman–Crippen LogP) is 5.42. The molecular weight excluding hydrogens is 420 g/mol. The maximum atomic E-state index is 13.0. The van der Waals surface area contributed by atoms with Crippen LogP contribution < -0.4 is 10.6 Å². The van der Waals surface area contributed by atoms with E-state index in [4.69, 9.17) is 16.3 Å². The average Bonchev–Trinajstić information content (AvgIpc) is 2.90. The van der Waals surface area contributed by atoms with Crippen molar-refractivity contribution in [3.8, 4) is 0 Å². The minimum absolute atomic E-state index is 0.125. The Morgan fingerprint density at radius 1 is 1.03 bits per heavy atom. The molecule has 2 N–H and O–H groups in total. The smallest absolute Gasteiger partial charge is 0.408 e. The first-order valence-corrected chi connectivity index (χ1v) is 10.6. The quantitative estimate of drug-likeness (QED) is 0.570. The van der Waals surface area contributed by atoms with Gasteiger partial charge in [-0.2, -0.15) is 0 Å². The highest BCUT2D eigenvalue weighted by atomic mass is 35.5. The molecule has 0 spiro atoms. The molecular formula is C23H19ClN2O3S. The van der Waals surface area contributed by atoms with E-state index in [9.17, 15) is 9.59 Å². The summed E-state index contributed by atoms with van der Waals surface area (Å²) < 4.78 is 5.34. The molecule has 0 saturated carbocycles. The molecule has 0 bridgehead atoms. The molecule has 3 aromatic rings. The van der Waals surface area contributed by atoms with Gasteiger partial charge in [-0.15, -0.1) is 11.8 Å². The Hall–Kier alpha value is -2.96. The molecule has 0 aliphatic carbocycles. The van der Waals surface area contributed by atoms with E-state index < -0.39 is 12.1 Å². The maximum Gasteiger partial charge on any atom is 0.408 e. The Bertz CT molecular complexity index is 1050. The molecule has 2 atom stereocenters. The summed E-state index contributed by atoms with van der Waals surface area (Å²) in [5, 5.41) is 5.87. The maximum absolute atomic E-state index is 13.0. The predicted molar refractivity (Wildman–Crippen MR) is 119 cm³/mol. The van der Waals surface area contributed by atoms with Crippen LogP contribution in [0.15, 0.2) is 83.8 Å². The summed E-state index contributed by atoms with van der Waals surface area (Å²) in [6, 6.07) is 23.4. The number of nitrogens with one attached hydrogen (secondary N) is 2. The second-order valence-electron chi connectivity index (χ2n) is 6.76. The van der Waals surface area contributed by atoms with Crippen molar-refractivity contribution in [2.24, 2.45) is 0 Å². The summed E-state index contributed by atoms with van der Waals surface area (Å²) in [5.41, 5.74) is 2.45. The van der Waals surface area contributed by atoms with Gasteiger partial charge in [-0.1, -0.05) is 72.3 Å². The summed E-state index contributed by atoms with van der Waals surface area (Å²) in [6.45, 7) is 0.125. The van der Waals surface area contributed by atoms with E-state index in [1.165, 1.54) is 11.8 Å². The molecule has 1 aliphatic heterocycles. The third-order valence-corrected chi connectivity index (χ3v) is 6.28. The lowest BCUT2D eigenvalue weighted by atomic mass is 10.0. The van der Waals surface area contributed by atoms with Crippen molar-refractivity contribution in [3.05, 3.63) is 95.0 Å². The van der Waals surface area contributed by atoms with Crippen LogP contribution in [0.3, 0.4) is 0 Å². The van der Waals surface area contributed by atoms with Gasteiger partial charge in [-0.25, -0.2) is 4.79 Å². The molecule has 1 heterocycles. The highest BCUT2D eigenvalue weighted by Gasteiger charge is 2.36. The van der Waals surface area contributed by atoms with E-state index in [0.717, 1.165) is 16.0 Å². The first-order chi connectivity index (χ1) is 14.6. The summed E-state index contributed by atoms with van der Waals surface area (Å²) in [6.07, 6.45) is -0.649. The standard InChI is InChI=1S/C23H19ClN2O3S/c24-17-11-12-18-19(13-17)30-21(16-9-5-2-6-10-16)20(22(27)25-18)26-23(28)29-14-15-7-3-1-4-8-15/h1-13,20-21H,14H2,(H,25,27)(H,26,28). The molecule has 3 aromatic carbocycles. The van der Waals surface area contributed by atoms with Crippen LogP contribution in [0.5, 0.6) is 0 Å². The number of thioether (sulfide) groups is 1. The van der Waals surface area contributed by atoms with Crippen molar-refractivity contribution in [1.82, 2.24) is 5.32 Å². The number of halogens is 1. The zero-order valence-electron chi connectivity index (χ0n) is 15.9. The summed E-state index contributed by atoms with van der Waals surface area (Å²) in [7, 11) is 0. The van der Waals surface area contributed by atoms with Crippen LogP contribution in [0.4, 0.5) is 10.5 Å². The normalized spacial score (nSPS) is 18.0. The van der Waals surface area contributed by atoms with Crippen molar-refractivity contribution in [2.45, 2.75) is 22.8 Å². The first kappa shape index (κ1) is 20.3. The SMILES string of the molecule is O=C(NC1C(=O)Nc2ccc(Cl)cc2SC1c1ccccc1)OCc1ccccc1. The molecule has 2 unspecified atom stereocenters. The van der Waals surface area contributed by atoms with Crippen LogP contribution in [0, 0.1) is 0 Å². The van der Waals surface area contributed by atoms with Crippen LogP contribution in [-0.2, 0) is 16.1 Å². The first-order valence-electron chi connectivity index (χ1n) is 9.39. The molecule has 2 amide bonds. The number of carbonyl (C=O) groups is 2. The van der Waals surface area contributed by atoms with Crippen molar-refractivity contribution in [2.75, 3.05) is 5.32 Å². The highest BCUT2D eigenvalue weighted by molar-refractivity contribution is 7.99. The van der Waals surface area contributed by atoms with E-state index in [1.54, 1.807) is 12.1 Å². The molecule has 1 aliphatic rings. The van der Waals surface area contributed by atoms with Gasteiger partial charge in [0, 0.05) is 9.92 Å². The monoisotopic (exact) mass is 438 g/mol. The lowest BCUT2D eigenvalue weighted by molar-refractivity contribution is -0.118. The van der Waals surface area contributed by atoms with Gasteiger partial charge in [0.15, 0.2) is 0 Å². The third kappa shape index (κ3) is 4.78. The van der Waals surface area contributed by atoms with Crippen molar-refractivity contribution in [1.29, 1.82) is 0 Å². The lowest BCUT2D eigenvalue weighted by Crippen LogP contribution is -2.46. The minimum Gasteiger partial charge on any atom is -0.445 e. The number of ether oxygens (including phenoxy) is 1. The van der Waals surface area contributed by atoms with E-state index in [1.807, 2.05) is 66.7 Å². The highest BCUT2D eigenvalue weighted by Crippen LogP contribution is 2.44. The Labute approximate surface area is 183 Å². The van der Waals surface area contributed by atoms with Crippen LogP contribution in [0.1, 0.15) is 16.4 Å². The molecule has 5 nitrogen and oxygen atoms in total. The van der Waals surface area contributed by atoms with Gasteiger partial charge in [0.1, 0.15) is 12.6 Å². The van der Waals surface area contributed by atoms with E-state index >= 15 is 0 Å². The van der Waals surface area contributed by atoms with E-state index in [2.05, 4.69) is 10.6 Å². The Morgan fingerprint density at radius 3 is 2.47 bits per heavy atom. The molecule has 0 saturated heterocycles. The van der Waals surface area contributed by atoms with Crippen molar-refractivity contribution < 1.29 is 14.3 Å².